The molecule has 8 nitrogen and oxygen atoms in total. The third-order valence-corrected chi connectivity index (χ3v) is 6.41. The quantitative estimate of drug-likeness (QED) is 0.278. The van der Waals surface area contributed by atoms with Crippen molar-refractivity contribution in [2.24, 2.45) is 0 Å². The Hall–Kier alpha value is -4.19. The number of carbonyl (C=O) groups is 1. The summed E-state index contributed by atoms with van der Waals surface area (Å²) in [5.74, 6) is 0.128. The van der Waals surface area contributed by atoms with Gasteiger partial charge in [0.2, 0.25) is 0 Å². The molecule has 1 amide bonds. The van der Waals surface area contributed by atoms with Crippen LogP contribution < -0.4 is 10.1 Å². The largest absolute Gasteiger partial charge is 0.490 e. The zero-order chi connectivity index (χ0) is 28.2. The third-order valence-electron chi connectivity index (χ3n) is 6.41. The van der Waals surface area contributed by atoms with Crippen molar-refractivity contribution >= 4 is 11.6 Å². The molecule has 8 heteroatoms. The zero-order valence-corrected chi connectivity index (χ0v) is 22.7. The summed E-state index contributed by atoms with van der Waals surface area (Å²) in [5, 5.41) is 32.6. The van der Waals surface area contributed by atoms with Crippen molar-refractivity contribution in [2.45, 2.75) is 58.3 Å². The summed E-state index contributed by atoms with van der Waals surface area (Å²) in [4.78, 5) is 17.7. The molecule has 2 heterocycles. The summed E-state index contributed by atoms with van der Waals surface area (Å²) in [5.41, 5.74) is 3.82. The zero-order valence-electron chi connectivity index (χ0n) is 22.7. The van der Waals surface area contributed by atoms with Gasteiger partial charge in [0.15, 0.2) is 0 Å². The highest BCUT2D eigenvalue weighted by atomic mass is 16.5. The van der Waals surface area contributed by atoms with E-state index in [-0.39, 0.29) is 24.7 Å². The highest BCUT2D eigenvalue weighted by Crippen LogP contribution is 2.27. The number of pyridine rings is 1. The van der Waals surface area contributed by atoms with E-state index in [1.807, 2.05) is 67.0 Å². The summed E-state index contributed by atoms with van der Waals surface area (Å²) in [6, 6.07) is 18.3. The number of amides is 1. The SMILES string of the molecule is CC(C)Oc1ccc(C(=O)N[C@H](CCO)Cc2ccc(-c3cn4cccc(C(C)(C)O)c4n3)cc2)cc1C#N. The third kappa shape index (κ3) is 6.63. The Kier molecular flexibility index (Phi) is 8.34. The molecule has 202 valence electrons. The van der Waals surface area contributed by atoms with Gasteiger partial charge in [-0.15, -0.1) is 0 Å². The van der Waals surface area contributed by atoms with E-state index in [1.54, 1.807) is 26.0 Å². The van der Waals surface area contributed by atoms with Gasteiger partial charge in [-0.25, -0.2) is 4.98 Å². The van der Waals surface area contributed by atoms with Gasteiger partial charge in [-0.05, 0) is 70.4 Å². The molecule has 0 fully saturated rings. The molecule has 0 bridgehead atoms. The molecule has 39 heavy (non-hydrogen) atoms. The maximum absolute atomic E-state index is 13.0. The van der Waals surface area contributed by atoms with Crippen molar-refractivity contribution in [3.63, 3.8) is 0 Å². The van der Waals surface area contributed by atoms with E-state index >= 15 is 0 Å². The second-order valence-electron chi connectivity index (χ2n) is 10.4. The first kappa shape index (κ1) is 27.8. The second kappa shape index (κ2) is 11.7. The van der Waals surface area contributed by atoms with Crippen molar-refractivity contribution in [2.75, 3.05) is 6.61 Å². The Labute approximate surface area is 228 Å². The molecule has 0 spiro atoms. The van der Waals surface area contributed by atoms with E-state index in [1.165, 1.54) is 6.07 Å². The fourth-order valence-electron chi connectivity index (χ4n) is 4.49. The van der Waals surface area contributed by atoms with Crippen molar-refractivity contribution in [1.82, 2.24) is 14.7 Å². The lowest BCUT2D eigenvalue weighted by Gasteiger charge is -2.19. The minimum atomic E-state index is -1.01. The van der Waals surface area contributed by atoms with Gasteiger partial charge in [-0.1, -0.05) is 30.3 Å². The molecule has 3 N–H and O–H groups in total. The number of hydrogen-bond donors (Lipinski definition) is 3. The lowest BCUT2D eigenvalue weighted by atomic mass is 10.00. The molecule has 4 aromatic rings. The number of benzene rings is 2. The molecule has 0 saturated carbocycles. The van der Waals surface area contributed by atoms with Gasteiger partial charge in [0.1, 0.15) is 17.5 Å². The molecule has 1 atom stereocenters. The van der Waals surface area contributed by atoms with Crippen LogP contribution in [0.4, 0.5) is 0 Å². The number of hydrogen-bond acceptors (Lipinski definition) is 6. The molecular formula is C31H34N4O4. The smallest absolute Gasteiger partial charge is 0.251 e. The molecule has 0 aliphatic rings. The number of ether oxygens (including phenoxy) is 1. The van der Waals surface area contributed by atoms with E-state index in [0.29, 0.717) is 35.4 Å². The van der Waals surface area contributed by atoms with Gasteiger partial charge in [0.25, 0.3) is 5.91 Å². The van der Waals surface area contributed by atoms with Crippen LogP contribution >= 0.6 is 0 Å². The molecule has 4 rings (SSSR count). The Balaban J connectivity index is 1.48. The van der Waals surface area contributed by atoms with Crippen molar-refractivity contribution in [3.05, 3.63) is 89.2 Å². The number of nitrogens with zero attached hydrogens (tertiary/aromatic N) is 3. The van der Waals surface area contributed by atoms with Gasteiger partial charge < -0.3 is 24.7 Å². The normalized spacial score (nSPS) is 12.4. The highest BCUT2D eigenvalue weighted by Gasteiger charge is 2.21. The van der Waals surface area contributed by atoms with E-state index in [0.717, 1.165) is 22.4 Å². The summed E-state index contributed by atoms with van der Waals surface area (Å²) < 4.78 is 7.55. The number of fused-ring (bicyclic) bond motifs is 1. The van der Waals surface area contributed by atoms with Crippen LogP contribution in [-0.4, -0.2) is 44.3 Å². The average molecular weight is 527 g/mol. The van der Waals surface area contributed by atoms with Crippen molar-refractivity contribution in [3.8, 4) is 23.1 Å². The summed E-state index contributed by atoms with van der Waals surface area (Å²) in [6.07, 6.45) is 4.66. The number of aliphatic hydroxyl groups excluding tert-OH is 1. The van der Waals surface area contributed by atoms with Crippen LogP contribution in [-0.2, 0) is 12.0 Å². The Morgan fingerprint density at radius 1 is 1.18 bits per heavy atom. The summed E-state index contributed by atoms with van der Waals surface area (Å²) in [7, 11) is 0. The number of rotatable bonds is 10. The van der Waals surface area contributed by atoms with Crippen molar-refractivity contribution in [1.29, 1.82) is 5.26 Å². The Morgan fingerprint density at radius 3 is 2.56 bits per heavy atom. The molecule has 0 aliphatic heterocycles. The second-order valence-corrected chi connectivity index (χ2v) is 10.4. The lowest BCUT2D eigenvalue weighted by Crippen LogP contribution is -2.37. The number of aliphatic hydroxyl groups is 2. The van der Waals surface area contributed by atoms with Crippen LogP contribution in [0.5, 0.6) is 5.75 Å². The van der Waals surface area contributed by atoms with Gasteiger partial charge >= 0.3 is 0 Å². The number of nitrogens with one attached hydrogen (secondary N) is 1. The summed E-state index contributed by atoms with van der Waals surface area (Å²) >= 11 is 0. The van der Waals surface area contributed by atoms with Gasteiger partial charge in [-0.2, -0.15) is 5.26 Å². The monoisotopic (exact) mass is 526 g/mol. The number of imidazole rings is 1. The van der Waals surface area contributed by atoms with Gasteiger partial charge in [-0.3, -0.25) is 4.79 Å². The molecule has 0 unspecified atom stereocenters. The van der Waals surface area contributed by atoms with E-state index in [9.17, 15) is 20.3 Å². The van der Waals surface area contributed by atoms with Crippen LogP contribution in [0.15, 0.2) is 67.0 Å². The Morgan fingerprint density at radius 2 is 1.92 bits per heavy atom. The molecule has 2 aromatic carbocycles. The highest BCUT2D eigenvalue weighted by molar-refractivity contribution is 5.95. The van der Waals surface area contributed by atoms with E-state index in [2.05, 4.69) is 11.4 Å². The minimum Gasteiger partial charge on any atom is -0.490 e. The maximum Gasteiger partial charge on any atom is 0.251 e. The standard InChI is InChI=1S/C31H34N4O4/c1-20(2)39-28-12-11-23(17-24(28)18-32)30(37)33-25(13-15-36)16-21-7-9-22(10-8-21)27-19-35-14-5-6-26(29(35)34-27)31(3,4)38/h5-12,14,17,19-20,25,36,38H,13,15-16H2,1-4H3,(H,33,37)/t25-/m1/s1. The first-order valence-electron chi connectivity index (χ1n) is 13.0. The fraction of sp³-hybridized carbons (Fsp3) is 0.323. The maximum atomic E-state index is 13.0. The lowest BCUT2D eigenvalue weighted by molar-refractivity contribution is 0.0796. The van der Waals surface area contributed by atoms with Crippen LogP contribution in [0.3, 0.4) is 0 Å². The number of carbonyl (C=O) groups excluding carboxylic acids is 1. The van der Waals surface area contributed by atoms with Crippen LogP contribution in [0, 0.1) is 11.3 Å². The average Bonchev–Trinajstić information content (AvgIpc) is 3.33. The molecular weight excluding hydrogens is 492 g/mol. The van der Waals surface area contributed by atoms with E-state index in [4.69, 9.17) is 9.72 Å². The fourth-order valence-corrected chi connectivity index (χ4v) is 4.49. The van der Waals surface area contributed by atoms with Gasteiger partial charge in [0.05, 0.1) is 23.0 Å². The predicted octanol–water partition coefficient (Wildman–Crippen LogP) is 4.61. The molecule has 0 aliphatic carbocycles. The summed E-state index contributed by atoms with van der Waals surface area (Å²) in [6.45, 7) is 7.16. The van der Waals surface area contributed by atoms with Crippen LogP contribution in [0.25, 0.3) is 16.9 Å². The number of aromatic nitrogens is 2. The van der Waals surface area contributed by atoms with Gasteiger partial charge in [0, 0.05) is 41.7 Å². The topological polar surface area (TPSA) is 120 Å². The molecule has 0 saturated heterocycles. The van der Waals surface area contributed by atoms with E-state index < -0.39 is 5.60 Å². The van der Waals surface area contributed by atoms with Crippen molar-refractivity contribution < 1.29 is 19.7 Å². The molecule has 0 radical (unpaired) electrons. The first-order valence-corrected chi connectivity index (χ1v) is 13.0. The molecule has 2 aromatic heterocycles. The first-order chi connectivity index (χ1) is 18.6. The minimum absolute atomic E-state index is 0.0710. The number of nitriles is 1. The Bertz CT molecular complexity index is 1490. The predicted molar refractivity (Wildman–Crippen MR) is 149 cm³/mol. The van der Waals surface area contributed by atoms with Crippen LogP contribution in [0.2, 0.25) is 0 Å². The van der Waals surface area contributed by atoms with Crippen LogP contribution in [0.1, 0.15) is 61.2 Å².